The van der Waals surface area contributed by atoms with Gasteiger partial charge in [0.2, 0.25) is 0 Å². The zero-order valence-corrected chi connectivity index (χ0v) is 14.3. The van der Waals surface area contributed by atoms with Gasteiger partial charge in [-0.05, 0) is 20.4 Å². The molecular formula is C17H30N2O3. The van der Waals surface area contributed by atoms with Gasteiger partial charge in [0.15, 0.2) is 0 Å². The molecule has 2 atom stereocenters. The molecule has 0 aliphatic rings. The summed E-state index contributed by atoms with van der Waals surface area (Å²) in [5.41, 5.74) is 1.83. The Balaban J connectivity index is 4.55. The Morgan fingerprint density at radius 2 is 1.73 bits per heavy atom. The molecule has 0 saturated carbocycles. The molecule has 0 aromatic rings. The number of esters is 1. The molecule has 0 saturated heterocycles. The molecule has 126 valence electrons. The van der Waals surface area contributed by atoms with Gasteiger partial charge in [-0.25, -0.2) is 0 Å². The van der Waals surface area contributed by atoms with Crippen molar-refractivity contribution >= 4 is 11.8 Å². The summed E-state index contributed by atoms with van der Waals surface area (Å²) < 4.78 is 4.68. The van der Waals surface area contributed by atoms with Gasteiger partial charge in [0.25, 0.3) is 0 Å². The van der Waals surface area contributed by atoms with E-state index in [4.69, 9.17) is 0 Å². The van der Waals surface area contributed by atoms with E-state index in [1.165, 1.54) is 7.11 Å². The number of nitrogens with one attached hydrogen (secondary N) is 2. The summed E-state index contributed by atoms with van der Waals surface area (Å²) in [5.74, 6) is -0.0434. The van der Waals surface area contributed by atoms with Crippen LogP contribution in [0, 0.1) is 0 Å². The van der Waals surface area contributed by atoms with Crippen molar-refractivity contribution in [1.82, 2.24) is 10.6 Å². The Morgan fingerprint density at radius 3 is 2.18 bits per heavy atom. The van der Waals surface area contributed by atoms with Crippen LogP contribution in [0.5, 0.6) is 0 Å². The van der Waals surface area contributed by atoms with Gasteiger partial charge in [-0.15, -0.1) is 6.58 Å². The number of carbonyl (C=O) groups is 2. The van der Waals surface area contributed by atoms with Crippen molar-refractivity contribution in [3.8, 4) is 0 Å². The van der Waals surface area contributed by atoms with Crippen molar-refractivity contribution in [3.05, 3.63) is 24.4 Å². The summed E-state index contributed by atoms with van der Waals surface area (Å²) in [6.07, 6.45) is 2.60. The standard InChI is InChI=1S/C17H30N2O3/c1-7-16(20)10-15(8-12(2)3)19-13(4)9-14(18-5)11-17(21)22-6/h14-15,18-19H,2,4,7-11H2,1,3,5-6H3. The van der Waals surface area contributed by atoms with Gasteiger partial charge in [-0.2, -0.15) is 0 Å². The lowest BCUT2D eigenvalue weighted by molar-refractivity contribution is -0.141. The minimum absolute atomic E-state index is 0.00748. The number of carbonyl (C=O) groups excluding carboxylic acids is 2. The molecule has 0 fully saturated rings. The maximum Gasteiger partial charge on any atom is 0.307 e. The first-order chi connectivity index (χ1) is 10.3. The fourth-order valence-corrected chi connectivity index (χ4v) is 2.22. The van der Waals surface area contributed by atoms with Gasteiger partial charge in [0.05, 0.1) is 13.5 Å². The smallest absolute Gasteiger partial charge is 0.307 e. The van der Waals surface area contributed by atoms with Crippen molar-refractivity contribution in [2.45, 2.75) is 58.0 Å². The third kappa shape index (κ3) is 9.34. The minimum atomic E-state index is -0.258. The van der Waals surface area contributed by atoms with E-state index < -0.39 is 0 Å². The Labute approximate surface area is 134 Å². The summed E-state index contributed by atoms with van der Waals surface area (Å²) >= 11 is 0. The third-order valence-corrected chi connectivity index (χ3v) is 3.41. The predicted octanol–water partition coefficient (Wildman–Crippen LogP) is 2.33. The fourth-order valence-electron chi connectivity index (χ4n) is 2.22. The van der Waals surface area contributed by atoms with Crippen molar-refractivity contribution in [2.75, 3.05) is 14.2 Å². The molecule has 0 radical (unpaired) electrons. The number of Topliss-reactive ketones (excluding diaryl/α,β-unsaturated/α-hetero) is 1. The van der Waals surface area contributed by atoms with E-state index in [-0.39, 0.29) is 30.3 Å². The zero-order valence-electron chi connectivity index (χ0n) is 14.3. The molecule has 5 heteroatoms. The molecule has 2 unspecified atom stereocenters. The molecule has 22 heavy (non-hydrogen) atoms. The van der Waals surface area contributed by atoms with Crippen LogP contribution in [0.15, 0.2) is 24.4 Å². The van der Waals surface area contributed by atoms with Crippen LogP contribution in [0.25, 0.3) is 0 Å². The van der Waals surface area contributed by atoms with Gasteiger partial charge < -0.3 is 15.4 Å². The monoisotopic (exact) mass is 310 g/mol. The molecule has 0 aromatic carbocycles. The summed E-state index contributed by atoms with van der Waals surface area (Å²) in [4.78, 5) is 23.0. The molecule has 0 spiro atoms. The van der Waals surface area contributed by atoms with Crippen molar-refractivity contribution in [2.24, 2.45) is 0 Å². The number of hydrogen-bond donors (Lipinski definition) is 2. The SMILES string of the molecule is C=C(C)CC(CC(=O)CC)NC(=C)CC(CC(=O)OC)NC. The normalized spacial score (nSPS) is 13.1. The van der Waals surface area contributed by atoms with Crippen molar-refractivity contribution in [1.29, 1.82) is 0 Å². The zero-order chi connectivity index (χ0) is 17.1. The fraction of sp³-hybridized carbons (Fsp3) is 0.647. The van der Waals surface area contributed by atoms with E-state index >= 15 is 0 Å². The first-order valence-corrected chi connectivity index (χ1v) is 7.66. The molecule has 2 N–H and O–H groups in total. The highest BCUT2D eigenvalue weighted by Gasteiger charge is 2.17. The number of hydrogen-bond acceptors (Lipinski definition) is 5. The second-order valence-electron chi connectivity index (χ2n) is 5.67. The van der Waals surface area contributed by atoms with Crippen LogP contribution < -0.4 is 10.6 Å². The first kappa shape index (κ1) is 20.4. The van der Waals surface area contributed by atoms with Crippen molar-refractivity contribution < 1.29 is 14.3 Å². The van der Waals surface area contributed by atoms with Gasteiger partial charge in [-0.1, -0.05) is 19.1 Å². The molecule has 5 nitrogen and oxygen atoms in total. The predicted molar refractivity (Wildman–Crippen MR) is 89.5 cm³/mol. The van der Waals surface area contributed by atoms with Crippen LogP contribution in [-0.2, 0) is 14.3 Å². The van der Waals surface area contributed by atoms with Crippen LogP contribution in [-0.4, -0.2) is 38.0 Å². The number of rotatable bonds is 12. The highest BCUT2D eigenvalue weighted by atomic mass is 16.5. The Morgan fingerprint density at radius 1 is 1.09 bits per heavy atom. The summed E-state index contributed by atoms with van der Waals surface area (Å²) in [5, 5.41) is 6.38. The van der Waals surface area contributed by atoms with Crippen LogP contribution in [0.2, 0.25) is 0 Å². The maximum absolute atomic E-state index is 11.7. The summed E-state index contributed by atoms with van der Waals surface area (Å²) in [6.45, 7) is 11.7. The highest BCUT2D eigenvalue weighted by molar-refractivity contribution is 5.78. The van der Waals surface area contributed by atoms with E-state index in [1.807, 2.05) is 13.8 Å². The van der Waals surface area contributed by atoms with E-state index in [9.17, 15) is 9.59 Å². The Kier molecular flexibility index (Phi) is 10.2. The number of methoxy groups -OCH3 is 1. The summed E-state index contributed by atoms with van der Waals surface area (Å²) in [6, 6.07) is -0.0344. The van der Waals surface area contributed by atoms with Crippen LogP contribution in [0.1, 0.15) is 46.0 Å². The lowest BCUT2D eigenvalue weighted by Crippen LogP contribution is -2.35. The van der Waals surface area contributed by atoms with Crippen molar-refractivity contribution in [3.63, 3.8) is 0 Å². The topological polar surface area (TPSA) is 67.4 Å². The van der Waals surface area contributed by atoms with Gasteiger partial charge >= 0.3 is 5.97 Å². The molecule has 0 aromatic heterocycles. The average Bonchev–Trinajstić information content (AvgIpc) is 2.45. The van der Waals surface area contributed by atoms with E-state index in [2.05, 4.69) is 28.5 Å². The molecular weight excluding hydrogens is 280 g/mol. The molecule has 0 rings (SSSR count). The lowest BCUT2D eigenvalue weighted by atomic mass is 10.0. The van der Waals surface area contributed by atoms with Gasteiger partial charge in [0.1, 0.15) is 5.78 Å². The molecule has 0 amide bonds. The molecule has 0 aliphatic carbocycles. The quantitative estimate of drug-likeness (QED) is 0.428. The first-order valence-electron chi connectivity index (χ1n) is 7.66. The van der Waals surface area contributed by atoms with Crippen LogP contribution in [0.4, 0.5) is 0 Å². The molecule has 0 aliphatic heterocycles. The largest absolute Gasteiger partial charge is 0.469 e. The van der Waals surface area contributed by atoms with Crippen LogP contribution in [0.3, 0.4) is 0 Å². The second kappa shape index (κ2) is 11.0. The van der Waals surface area contributed by atoms with E-state index in [0.717, 1.165) is 17.7 Å². The molecule has 0 bridgehead atoms. The Hall–Kier alpha value is -1.62. The second-order valence-corrected chi connectivity index (χ2v) is 5.67. The molecule has 0 heterocycles. The van der Waals surface area contributed by atoms with Crippen LogP contribution >= 0.6 is 0 Å². The lowest BCUT2D eigenvalue weighted by Gasteiger charge is -2.23. The average molecular weight is 310 g/mol. The van der Waals surface area contributed by atoms with E-state index in [1.54, 1.807) is 7.05 Å². The third-order valence-electron chi connectivity index (χ3n) is 3.41. The van der Waals surface area contributed by atoms with Gasteiger partial charge in [-0.3, -0.25) is 9.59 Å². The minimum Gasteiger partial charge on any atom is -0.469 e. The van der Waals surface area contributed by atoms with Gasteiger partial charge in [0, 0.05) is 37.0 Å². The maximum atomic E-state index is 11.7. The Bertz CT molecular complexity index is 405. The number of ketones is 1. The number of ether oxygens (including phenoxy) is 1. The van der Waals surface area contributed by atoms with E-state index in [0.29, 0.717) is 19.3 Å². The summed E-state index contributed by atoms with van der Waals surface area (Å²) in [7, 11) is 3.17. The highest BCUT2D eigenvalue weighted by Crippen LogP contribution is 2.12.